The number of aryl methyl sites for hydroxylation is 1. The van der Waals surface area contributed by atoms with E-state index in [1.807, 2.05) is 28.7 Å². The SMILES string of the molecule is Cc1cnc2n1CCN(C(=O)C1CCC(Nc3nccc(-n4ccc5c(OC(F)F)cccc54)n3)CC1)C2. The van der Waals surface area contributed by atoms with Gasteiger partial charge in [0.2, 0.25) is 11.9 Å². The molecule has 1 saturated carbocycles. The van der Waals surface area contributed by atoms with Crippen molar-refractivity contribution < 1.29 is 18.3 Å². The van der Waals surface area contributed by atoms with Crippen molar-refractivity contribution in [2.24, 2.45) is 5.92 Å². The summed E-state index contributed by atoms with van der Waals surface area (Å²) in [6, 6.07) is 8.70. The summed E-state index contributed by atoms with van der Waals surface area (Å²) >= 11 is 0. The van der Waals surface area contributed by atoms with E-state index in [4.69, 9.17) is 0 Å². The van der Waals surface area contributed by atoms with Gasteiger partial charge in [0.15, 0.2) is 0 Å². The van der Waals surface area contributed by atoms with Crippen molar-refractivity contribution in [3.8, 4) is 11.6 Å². The first-order chi connectivity index (χ1) is 18.5. The molecule has 0 saturated heterocycles. The lowest BCUT2D eigenvalue weighted by Gasteiger charge is -2.34. The molecule has 0 atom stereocenters. The molecule has 6 rings (SSSR count). The van der Waals surface area contributed by atoms with Crippen molar-refractivity contribution >= 4 is 22.8 Å². The molecule has 4 aromatic rings. The maximum Gasteiger partial charge on any atom is 0.387 e. The van der Waals surface area contributed by atoms with Crippen LogP contribution in [0.5, 0.6) is 5.75 Å². The Balaban J connectivity index is 1.09. The molecule has 4 heterocycles. The Morgan fingerprint density at radius 2 is 1.95 bits per heavy atom. The van der Waals surface area contributed by atoms with Crippen LogP contribution in [0.1, 0.15) is 37.2 Å². The number of fused-ring (bicyclic) bond motifs is 2. The molecular formula is C27H29F2N7O2. The summed E-state index contributed by atoms with van der Waals surface area (Å²) in [6.45, 7) is 1.26. The normalized spacial score (nSPS) is 19.5. The fourth-order valence-electron chi connectivity index (χ4n) is 5.62. The molecule has 1 amide bonds. The quantitative estimate of drug-likeness (QED) is 0.401. The molecule has 1 fully saturated rings. The van der Waals surface area contributed by atoms with Gasteiger partial charge < -0.3 is 24.1 Å². The molecule has 3 aromatic heterocycles. The minimum absolute atomic E-state index is 0.0267. The van der Waals surface area contributed by atoms with Crippen molar-refractivity contribution in [3.63, 3.8) is 0 Å². The lowest BCUT2D eigenvalue weighted by molar-refractivity contribution is -0.138. The van der Waals surface area contributed by atoms with E-state index in [0.717, 1.165) is 50.3 Å². The molecule has 0 bridgehead atoms. The van der Waals surface area contributed by atoms with Crippen LogP contribution in [0.15, 0.2) is 48.9 Å². The van der Waals surface area contributed by atoms with Gasteiger partial charge in [-0.2, -0.15) is 13.8 Å². The topological polar surface area (TPSA) is 90.1 Å². The molecule has 2 aliphatic rings. The zero-order chi connectivity index (χ0) is 26.2. The van der Waals surface area contributed by atoms with Gasteiger partial charge in [0, 0.05) is 54.7 Å². The number of aromatic nitrogens is 5. The first-order valence-corrected chi connectivity index (χ1v) is 12.9. The number of alkyl halides is 2. The van der Waals surface area contributed by atoms with Gasteiger partial charge in [-0.15, -0.1) is 0 Å². The molecule has 9 nitrogen and oxygen atoms in total. The van der Waals surface area contributed by atoms with E-state index >= 15 is 0 Å². The van der Waals surface area contributed by atoms with E-state index in [2.05, 4.69) is 29.6 Å². The second-order valence-corrected chi connectivity index (χ2v) is 9.91. The smallest absolute Gasteiger partial charge is 0.387 e. The van der Waals surface area contributed by atoms with Crippen LogP contribution in [-0.4, -0.2) is 54.1 Å². The third kappa shape index (κ3) is 4.68. The maximum atomic E-state index is 13.2. The Hall–Kier alpha value is -4.02. The highest BCUT2D eigenvalue weighted by molar-refractivity contribution is 5.87. The molecule has 1 aliphatic carbocycles. The number of nitrogens with zero attached hydrogens (tertiary/aromatic N) is 6. The number of nitrogens with one attached hydrogen (secondary N) is 1. The highest BCUT2D eigenvalue weighted by Gasteiger charge is 2.32. The van der Waals surface area contributed by atoms with Crippen molar-refractivity contribution in [2.75, 3.05) is 11.9 Å². The Bertz CT molecular complexity index is 1460. The number of hydrogen-bond acceptors (Lipinski definition) is 6. The second-order valence-electron chi connectivity index (χ2n) is 9.91. The fourth-order valence-corrected chi connectivity index (χ4v) is 5.62. The van der Waals surface area contributed by atoms with Crippen molar-refractivity contribution in [2.45, 2.75) is 58.3 Å². The summed E-state index contributed by atoms with van der Waals surface area (Å²) in [5.74, 6) is 2.45. The number of imidazole rings is 1. The summed E-state index contributed by atoms with van der Waals surface area (Å²) in [5.41, 5.74) is 1.85. The average Bonchev–Trinajstić information content (AvgIpc) is 3.53. The molecule has 0 radical (unpaired) electrons. The Morgan fingerprint density at radius 3 is 2.76 bits per heavy atom. The third-order valence-electron chi connectivity index (χ3n) is 7.58. The molecule has 38 heavy (non-hydrogen) atoms. The maximum absolute atomic E-state index is 13.2. The van der Waals surface area contributed by atoms with Crippen LogP contribution < -0.4 is 10.1 Å². The van der Waals surface area contributed by atoms with Crippen LogP contribution in [-0.2, 0) is 17.9 Å². The standard InChI is InChI=1S/C27H29F2N7O2/c1-17-15-31-24-16-34(13-14-35(17)24)25(37)18-5-7-19(8-6-18)32-27-30-11-9-23(33-27)36-12-10-20-21(36)3-2-4-22(20)38-26(28)29/h2-4,9-12,15,18-19,26H,5-8,13-14,16H2,1H3,(H,30,32,33). The van der Waals surface area contributed by atoms with Gasteiger partial charge in [-0.25, -0.2) is 9.97 Å². The number of hydrogen-bond donors (Lipinski definition) is 1. The van der Waals surface area contributed by atoms with Crippen LogP contribution in [0, 0.1) is 12.8 Å². The third-order valence-corrected chi connectivity index (χ3v) is 7.58. The molecule has 0 unspecified atom stereocenters. The highest BCUT2D eigenvalue weighted by Crippen LogP contribution is 2.31. The molecular weight excluding hydrogens is 492 g/mol. The summed E-state index contributed by atoms with van der Waals surface area (Å²) < 4.78 is 34.2. The summed E-state index contributed by atoms with van der Waals surface area (Å²) in [7, 11) is 0. The molecule has 1 N–H and O–H groups in total. The van der Waals surface area contributed by atoms with Crippen molar-refractivity contribution in [1.29, 1.82) is 0 Å². The minimum atomic E-state index is -2.89. The van der Waals surface area contributed by atoms with E-state index in [1.54, 1.807) is 30.6 Å². The number of ether oxygens (including phenoxy) is 1. The highest BCUT2D eigenvalue weighted by atomic mass is 19.3. The number of anilines is 1. The van der Waals surface area contributed by atoms with Crippen molar-refractivity contribution in [1.82, 2.24) is 29.0 Å². The second kappa shape index (κ2) is 10.0. The summed E-state index contributed by atoms with van der Waals surface area (Å²) in [4.78, 5) is 28.7. The zero-order valence-electron chi connectivity index (χ0n) is 21.1. The number of rotatable bonds is 6. The van der Waals surface area contributed by atoms with Crippen LogP contribution in [0.4, 0.5) is 14.7 Å². The Labute approximate surface area is 218 Å². The number of halogens is 2. The van der Waals surface area contributed by atoms with E-state index in [1.165, 1.54) is 6.07 Å². The summed E-state index contributed by atoms with van der Waals surface area (Å²) in [5, 5.41) is 4.01. The van der Waals surface area contributed by atoms with Crippen molar-refractivity contribution in [3.05, 3.63) is 60.4 Å². The van der Waals surface area contributed by atoms with E-state index in [-0.39, 0.29) is 23.6 Å². The van der Waals surface area contributed by atoms with Gasteiger partial charge >= 0.3 is 6.61 Å². The molecule has 198 valence electrons. The number of carbonyl (C=O) groups excluding carboxylic acids is 1. The fraction of sp³-hybridized carbons (Fsp3) is 0.407. The predicted octanol–water partition coefficient (Wildman–Crippen LogP) is 4.54. The first-order valence-electron chi connectivity index (χ1n) is 12.9. The molecule has 1 aromatic carbocycles. The summed E-state index contributed by atoms with van der Waals surface area (Å²) in [6.07, 6.45) is 8.66. The number of amides is 1. The van der Waals surface area contributed by atoms with Gasteiger partial charge in [-0.05, 0) is 56.9 Å². The minimum Gasteiger partial charge on any atom is -0.434 e. The lowest BCUT2D eigenvalue weighted by Crippen LogP contribution is -2.43. The number of benzene rings is 1. The predicted molar refractivity (Wildman–Crippen MR) is 137 cm³/mol. The monoisotopic (exact) mass is 521 g/mol. The van der Waals surface area contributed by atoms with E-state index < -0.39 is 6.61 Å². The van der Waals surface area contributed by atoms with Gasteiger partial charge in [0.05, 0.1) is 12.1 Å². The zero-order valence-corrected chi connectivity index (χ0v) is 21.1. The largest absolute Gasteiger partial charge is 0.434 e. The first kappa shape index (κ1) is 24.3. The van der Waals surface area contributed by atoms with Gasteiger partial charge in [-0.3, -0.25) is 4.79 Å². The molecule has 11 heteroatoms. The van der Waals surface area contributed by atoms with E-state index in [0.29, 0.717) is 29.2 Å². The van der Waals surface area contributed by atoms with Crippen LogP contribution in [0.2, 0.25) is 0 Å². The van der Waals surface area contributed by atoms with E-state index in [9.17, 15) is 13.6 Å². The molecule has 1 aliphatic heterocycles. The van der Waals surface area contributed by atoms with Gasteiger partial charge in [-0.1, -0.05) is 6.07 Å². The number of carbonyl (C=O) groups is 1. The van der Waals surface area contributed by atoms with Gasteiger partial charge in [0.25, 0.3) is 0 Å². The van der Waals surface area contributed by atoms with Crippen LogP contribution in [0.25, 0.3) is 16.7 Å². The van der Waals surface area contributed by atoms with Crippen LogP contribution >= 0.6 is 0 Å². The Kier molecular flexibility index (Phi) is 6.42. The lowest BCUT2D eigenvalue weighted by atomic mass is 9.85. The molecule has 0 spiro atoms. The average molecular weight is 522 g/mol. The Morgan fingerprint density at radius 1 is 1.11 bits per heavy atom. The van der Waals surface area contributed by atoms with Crippen LogP contribution in [0.3, 0.4) is 0 Å². The van der Waals surface area contributed by atoms with Gasteiger partial charge in [0.1, 0.15) is 17.4 Å².